The molecule has 2 atom stereocenters. The van der Waals surface area contributed by atoms with Gasteiger partial charge in [0.25, 0.3) is 0 Å². The van der Waals surface area contributed by atoms with Gasteiger partial charge in [-0.2, -0.15) is 0 Å². The molecule has 0 aliphatic rings. The van der Waals surface area contributed by atoms with Crippen molar-refractivity contribution in [2.24, 2.45) is 0 Å². The molecule has 80 valence electrons. The monoisotopic (exact) mass is 290 g/mol. The molecule has 0 amide bonds. The first-order valence-corrected chi connectivity index (χ1v) is 5.49. The first-order chi connectivity index (χ1) is 7.04. The van der Waals surface area contributed by atoms with Gasteiger partial charge in [-0.15, -0.1) is 11.6 Å². The Morgan fingerprint density at radius 2 is 1.80 bits per heavy atom. The average Bonchev–Trinajstić information content (AvgIpc) is 2.27. The van der Waals surface area contributed by atoms with Crippen molar-refractivity contribution in [3.05, 3.63) is 35.9 Å². The smallest absolute Gasteiger partial charge is 0.323 e. The quantitative estimate of drug-likeness (QED) is 0.684. The lowest BCUT2D eigenvalue weighted by atomic mass is 10.1. The van der Waals surface area contributed by atoms with Crippen LogP contribution < -0.4 is 0 Å². The molecule has 0 fully saturated rings. The maximum absolute atomic E-state index is 11.7. The van der Waals surface area contributed by atoms with Crippen LogP contribution in [0.5, 0.6) is 0 Å². The molecule has 0 bridgehead atoms. The van der Waals surface area contributed by atoms with Gasteiger partial charge in [-0.25, -0.2) is 0 Å². The molecule has 2 unspecified atom stereocenters. The van der Waals surface area contributed by atoms with E-state index in [2.05, 4.69) is 15.9 Å². The summed E-state index contributed by atoms with van der Waals surface area (Å²) < 4.78 is 0. The average molecular weight is 292 g/mol. The Balaban J connectivity index is 2.82. The SMILES string of the molecule is O=C(O)C(Cl)C(Br)C(=O)c1ccccc1. The second-order valence-electron chi connectivity index (χ2n) is 2.87. The van der Waals surface area contributed by atoms with Crippen molar-refractivity contribution in [3.8, 4) is 0 Å². The molecule has 3 nitrogen and oxygen atoms in total. The highest BCUT2D eigenvalue weighted by Crippen LogP contribution is 2.18. The molecule has 5 heteroatoms. The van der Waals surface area contributed by atoms with E-state index in [1.807, 2.05) is 0 Å². The summed E-state index contributed by atoms with van der Waals surface area (Å²) in [5.41, 5.74) is 0.436. The number of halogens is 2. The fourth-order valence-corrected chi connectivity index (χ4v) is 1.62. The molecular formula is C10H8BrClO3. The van der Waals surface area contributed by atoms with Crippen molar-refractivity contribution in [2.75, 3.05) is 0 Å². The van der Waals surface area contributed by atoms with Crippen molar-refractivity contribution in [1.82, 2.24) is 0 Å². The summed E-state index contributed by atoms with van der Waals surface area (Å²) in [6.45, 7) is 0. The Labute approximate surface area is 100 Å². The van der Waals surface area contributed by atoms with Gasteiger partial charge in [0.2, 0.25) is 0 Å². The number of benzene rings is 1. The van der Waals surface area contributed by atoms with E-state index in [9.17, 15) is 9.59 Å². The van der Waals surface area contributed by atoms with Gasteiger partial charge in [-0.1, -0.05) is 46.3 Å². The van der Waals surface area contributed by atoms with Gasteiger partial charge in [0.15, 0.2) is 11.2 Å². The van der Waals surface area contributed by atoms with E-state index in [4.69, 9.17) is 16.7 Å². The number of rotatable bonds is 4. The zero-order chi connectivity index (χ0) is 11.4. The van der Waals surface area contributed by atoms with Crippen molar-refractivity contribution < 1.29 is 14.7 Å². The van der Waals surface area contributed by atoms with E-state index < -0.39 is 16.2 Å². The second-order valence-corrected chi connectivity index (χ2v) is 4.33. The molecule has 1 N–H and O–H groups in total. The van der Waals surface area contributed by atoms with E-state index in [1.54, 1.807) is 30.3 Å². The second kappa shape index (κ2) is 5.28. The van der Waals surface area contributed by atoms with E-state index in [1.165, 1.54) is 0 Å². The van der Waals surface area contributed by atoms with Crippen LogP contribution in [-0.4, -0.2) is 27.1 Å². The molecule has 15 heavy (non-hydrogen) atoms. The number of carboxylic acid groups (broad SMARTS) is 1. The number of hydrogen-bond donors (Lipinski definition) is 1. The van der Waals surface area contributed by atoms with Gasteiger partial charge in [0.1, 0.15) is 4.83 Å². The van der Waals surface area contributed by atoms with Gasteiger partial charge < -0.3 is 5.11 Å². The number of carboxylic acids is 1. The van der Waals surface area contributed by atoms with Crippen molar-refractivity contribution in [3.63, 3.8) is 0 Å². The van der Waals surface area contributed by atoms with Crippen molar-refractivity contribution in [1.29, 1.82) is 0 Å². The van der Waals surface area contributed by atoms with Crippen LogP contribution in [0.4, 0.5) is 0 Å². The number of hydrogen-bond acceptors (Lipinski definition) is 2. The number of alkyl halides is 2. The van der Waals surface area contributed by atoms with Crippen LogP contribution in [0.1, 0.15) is 10.4 Å². The lowest BCUT2D eigenvalue weighted by molar-refractivity contribution is -0.136. The predicted octanol–water partition coefficient (Wildman–Crippen LogP) is 2.32. The number of aliphatic carboxylic acids is 1. The molecule has 1 aromatic carbocycles. The van der Waals surface area contributed by atoms with Crippen LogP contribution >= 0.6 is 27.5 Å². The highest BCUT2D eigenvalue weighted by Gasteiger charge is 2.30. The molecule has 1 rings (SSSR count). The third-order valence-corrected chi connectivity index (χ3v) is 3.49. The highest BCUT2D eigenvalue weighted by atomic mass is 79.9. The van der Waals surface area contributed by atoms with Crippen LogP contribution in [0.2, 0.25) is 0 Å². The minimum atomic E-state index is -1.27. The van der Waals surface area contributed by atoms with E-state index in [0.717, 1.165) is 0 Å². The van der Waals surface area contributed by atoms with Crippen LogP contribution in [0.25, 0.3) is 0 Å². The summed E-state index contributed by atoms with van der Waals surface area (Å²) in [7, 11) is 0. The van der Waals surface area contributed by atoms with Crippen LogP contribution in [-0.2, 0) is 4.79 Å². The van der Waals surface area contributed by atoms with Crippen molar-refractivity contribution >= 4 is 39.3 Å². The van der Waals surface area contributed by atoms with Gasteiger partial charge >= 0.3 is 5.97 Å². The molecule has 1 aromatic rings. The largest absolute Gasteiger partial charge is 0.480 e. The Morgan fingerprint density at radius 1 is 1.27 bits per heavy atom. The Morgan fingerprint density at radius 3 is 2.27 bits per heavy atom. The standard InChI is InChI=1S/C10H8BrClO3/c11-7(8(12)10(14)15)9(13)6-4-2-1-3-5-6/h1-5,7-8H,(H,14,15). The molecule has 0 aromatic heterocycles. The molecule has 0 saturated heterocycles. The van der Waals surface area contributed by atoms with E-state index in [-0.39, 0.29) is 5.78 Å². The van der Waals surface area contributed by atoms with Crippen LogP contribution in [0.15, 0.2) is 30.3 Å². The number of ketones is 1. The summed E-state index contributed by atoms with van der Waals surface area (Å²) in [4.78, 5) is 21.3. The highest BCUT2D eigenvalue weighted by molar-refractivity contribution is 9.10. The third-order valence-electron chi connectivity index (χ3n) is 1.80. The molecule has 0 spiro atoms. The minimum absolute atomic E-state index is 0.335. The van der Waals surface area contributed by atoms with Crippen LogP contribution in [0.3, 0.4) is 0 Å². The van der Waals surface area contributed by atoms with Gasteiger partial charge in [0.05, 0.1) is 0 Å². The third kappa shape index (κ3) is 3.04. The summed E-state index contributed by atoms with van der Waals surface area (Å²) in [6, 6.07) is 8.41. The first kappa shape index (κ1) is 12.2. The topological polar surface area (TPSA) is 54.4 Å². The maximum atomic E-state index is 11.7. The van der Waals surface area contributed by atoms with Crippen LogP contribution in [0, 0.1) is 0 Å². The fraction of sp³-hybridized carbons (Fsp3) is 0.200. The summed E-state index contributed by atoms with van der Waals surface area (Å²) >= 11 is 8.53. The van der Waals surface area contributed by atoms with Gasteiger partial charge in [-0.05, 0) is 0 Å². The van der Waals surface area contributed by atoms with E-state index in [0.29, 0.717) is 5.56 Å². The summed E-state index contributed by atoms with van der Waals surface area (Å²) in [6.07, 6.45) is 0. The Bertz CT molecular complexity index is 366. The molecule has 0 saturated carbocycles. The lowest BCUT2D eigenvalue weighted by Crippen LogP contribution is -2.31. The Hall–Kier alpha value is -0.870. The summed E-state index contributed by atoms with van der Waals surface area (Å²) in [5, 5.41) is 7.37. The predicted molar refractivity (Wildman–Crippen MR) is 60.8 cm³/mol. The zero-order valence-electron chi connectivity index (χ0n) is 7.56. The molecule has 0 aliphatic carbocycles. The zero-order valence-corrected chi connectivity index (χ0v) is 9.90. The molecular weight excluding hydrogens is 283 g/mol. The summed E-state index contributed by atoms with van der Waals surface area (Å²) in [5.74, 6) is -1.55. The number of carbonyl (C=O) groups excluding carboxylic acids is 1. The Kier molecular flexibility index (Phi) is 4.29. The first-order valence-electron chi connectivity index (χ1n) is 4.14. The van der Waals surface area contributed by atoms with Gasteiger partial charge in [-0.3, -0.25) is 9.59 Å². The normalized spacial score (nSPS) is 14.3. The number of Topliss-reactive ketones (excluding diaryl/α,β-unsaturated/α-hetero) is 1. The maximum Gasteiger partial charge on any atom is 0.323 e. The molecule has 0 radical (unpaired) electrons. The minimum Gasteiger partial charge on any atom is -0.480 e. The molecule has 0 heterocycles. The van der Waals surface area contributed by atoms with E-state index >= 15 is 0 Å². The van der Waals surface area contributed by atoms with Gasteiger partial charge in [0, 0.05) is 5.56 Å². The lowest BCUT2D eigenvalue weighted by Gasteiger charge is -2.10. The molecule has 0 aliphatic heterocycles. The fourth-order valence-electron chi connectivity index (χ4n) is 1.02. The van der Waals surface area contributed by atoms with Crippen molar-refractivity contribution in [2.45, 2.75) is 10.2 Å². The number of carbonyl (C=O) groups is 2.